The van der Waals surface area contributed by atoms with E-state index in [1.807, 2.05) is 42.5 Å². The summed E-state index contributed by atoms with van der Waals surface area (Å²) in [5, 5.41) is 31.0. The fourth-order valence-electron chi connectivity index (χ4n) is 2.46. The molecule has 0 unspecified atom stereocenters. The summed E-state index contributed by atoms with van der Waals surface area (Å²) in [7, 11) is 0. The van der Waals surface area contributed by atoms with E-state index in [2.05, 4.69) is 15.8 Å². The van der Waals surface area contributed by atoms with Crippen molar-refractivity contribution in [3.63, 3.8) is 0 Å². The second-order valence-corrected chi connectivity index (χ2v) is 5.69. The van der Waals surface area contributed by atoms with Gasteiger partial charge in [0.05, 0.1) is 17.7 Å². The second-order valence-electron chi connectivity index (χ2n) is 5.69. The topological polar surface area (TPSA) is 120 Å². The van der Waals surface area contributed by atoms with Crippen LogP contribution in [0.2, 0.25) is 0 Å². The van der Waals surface area contributed by atoms with Gasteiger partial charge in [-0.3, -0.25) is 14.9 Å². The molecule has 0 radical (unpaired) electrons. The zero-order valence-corrected chi connectivity index (χ0v) is 14.1. The van der Waals surface area contributed by atoms with E-state index in [4.69, 9.17) is 0 Å². The van der Waals surface area contributed by atoms with Crippen LogP contribution in [0.3, 0.4) is 0 Å². The first kappa shape index (κ1) is 17.9. The SMILES string of the molecule is O=C(CNc1ccc2ccccc2c1)N/N=C\c1ccc([O-])c([N+](=O)[O-])c1. The number of carbonyl (C=O) groups is 1. The molecule has 3 rings (SSSR count). The molecule has 0 aromatic heterocycles. The number of nitro groups is 1. The normalized spacial score (nSPS) is 10.8. The second kappa shape index (κ2) is 7.96. The summed E-state index contributed by atoms with van der Waals surface area (Å²) in [4.78, 5) is 21.8. The van der Waals surface area contributed by atoms with Gasteiger partial charge in [-0.05, 0) is 28.7 Å². The van der Waals surface area contributed by atoms with E-state index in [0.717, 1.165) is 28.6 Å². The molecule has 0 saturated carbocycles. The first-order chi connectivity index (χ1) is 13.0. The molecule has 8 heteroatoms. The van der Waals surface area contributed by atoms with E-state index in [9.17, 15) is 20.0 Å². The molecule has 0 bridgehead atoms. The number of nitro benzene ring substituents is 1. The summed E-state index contributed by atoms with van der Waals surface area (Å²) in [6.45, 7) is 0.00925. The highest BCUT2D eigenvalue weighted by atomic mass is 16.6. The third kappa shape index (κ3) is 4.57. The van der Waals surface area contributed by atoms with E-state index in [1.54, 1.807) is 0 Å². The molecule has 0 aliphatic carbocycles. The van der Waals surface area contributed by atoms with Crippen LogP contribution < -0.4 is 15.8 Å². The number of fused-ring (bicyclic) bond motifs is 1. The van der Waals surface area contributed by atoms with Crippen molar-refractivity contribution in [1.29, 1.82) is 0 Å². The number of rotatable bonds is 6. The fraction of sp³-hybridized carbons (Fsp3) is 0.0526. The van der Waals surface area contributed by atoms with Gasteiger partial charge in [-0.1, -0.05) is 42.5 Å². The van der Waals surface area contributed by atoms with E-state index in [-0.39, 0.29) is 12.5 Å². The number of hydrogen-bond acceptors (Lipinski definition) is 6. The molecule has 1 amide bonds. The van der Waals surface area contributed by atoms with E-state index in [1.165, 1.54) is 12.3 Å². The van der Waals surface area contributed by atoms with E-state index >= 15 is 0 Å². The van der Waals surface area contributed by atoms with Crippen LogP contribution >= 0.6 is 0 Å². The third-order valence-corrected chi connectivity index (χ3v) is 3.79. The number of anilines is 1. The fourth-order valence-corrected chi connectivity index (χ4v) is 2.46. The summed E-state index contributed by atoms with van der Waals surface area (Å²) in [5.41, 5.74) is 2.92. The van der Waals surface area contributed by atoms with Crippen molar-refractivity contribution in [3.8, 4) is 5.75 Å². The lowest BCUT2D eigenvalue weighted by Gasteiger charge is -2.07. The maximum atomic E-state index is 11.9. The summed E-state index contributed by atoms with van der Waals surface area (Å²) in [5.74, 6) is -1.06. The Balaban J connectivity index is 1.55. The molecule has 0 aliphatic heterocycles. The number of amides is 1. The maximum absolute atomic E-state index is 11.9. The van der Waals surface area contributed by atoms with Crippen molar-refractivity contribution in [2.24, 2.45) is 5.10 Å². The van der Waals surface area contributed by atoms with Crippen molar-refractivity contribution < 1.29 is 14.8 Å². The number of nitrogens with zero attached hydrogens (tertiary/aromatic N) is 2. The highest BCUT2D eigenvalue weighted by molar-refractivity contribution is 5.88. The van der Waals surface area contributed by atoms with Crippen molar-refractivity contribution in [2.75, 3.05) is 11.9 Å². The number of hydrazone groups is 1. The van der Waals surface area contributed by atoms with Crippen LogP contribution in [0.5, 0.6) is 5.75 Å². The van der Waals surface area contributed by atoms with Crippen LogP contribution in [-0.2, 0) is 4.79 Å². The monoisotopic (exact) mass is 363 g/mol. The van der Waals surface area contributed by atoms with Gasteiger partial charge < -0.3 is 10.4 Å². The molecular weight excluding hydrogens is 348 g/mol. The Hall–Kier alpha value is -3.94. The Morgan fingerprint density at radius 3 is 2.63 bits per heavy atom. The zero-order valence-electron chi connectivity index (χ0n) is 14.1. The average Bonchev–Trinajstić information content (AvgIpc) is 2.67. The molecule has 2 N–H and O–H groups in total. The zero-order chi connectivity index (χ0) is 19.2. The van der Waals surface area contributed by atoms with Crippen LogP contribution in [0, 0.1) is 10.1 Å². The van der Waals surface area contributed by atoms with Crippen LogP contribution in [0.1, 0.15) is 5.56 Å². The first-order valence-electron chi connectivity index (χ1n) is 8.03. The Morgan fingerprint density at radius 2 is 1.85 bits per heavy atom. The third-order valence-electron chi connectivity index (χ3n) is 3.79. The molecular formula is C19H15N4O4-. The molecule has 0 spiro atoms. The van der Waals surface area contributed by atoms with Crippen molar-refractivity contribution >= 4 is 34.3 Å². The predicted molar refractivity (Wildman–Crippen MR) is 101 cm³/mol. The molecule has 0 heterocycles. The molecule has 136 valence electrons. The molecule has 3 aromatic rings. The number of nitrogens with one attached hydrogen (secondary N) is 2. The largest absolute Gasteiger partial charge is 0.868 e. The summed E-state index contributed by atoms with van der Waals surface area (Å²) < 4.78 is 0. The predicted octanol–water partition coefficient (Wildman–Crippen LogP) is 2.38. The highest BCUT2D eigenvalue weighted by Crippen LogP contribution is 2.23. The minimum atomic E-state index is -0.758. The minimum Gasteiger partial charge on any atom is -0.868 e. The minimum absolute atomic E-state index is 0.00925. The van der Waals surface area contributed by atoms with Gasteiger partial charge in [-0.25, -0.2) is 5.43 Å². The molecule has 0 saturated heterocycles. The van der Waals surface area contributed by atoms with Crippen LogP contribution in [0.15, 0.2) is 65.8 Å². The Bertz CT molecular complexity index is 1030. The number of hydrogen-bond donors (Lipinski definition) is 2. The molecule has 0 atom stereocenters. The Labute approximate surface area is 154 Å². The van der Waals surface area contributed by atoms with Gasteiger partial charge in [-0.2, -0.15) is 5.10 Å². The molecule has 3 aromatic carbocycles. The lowest BCUT2D eigenvalue weighted by molar-refractivity contribution is -0.398. The Kier molecular flexibility index (Phi) is 5.27. The lowest BCUT2D eigenvalue weighted by atomic mass is 10.1. The van der Waals surface area contributed by atoms with Gasteiger partial charge in [0.1, 0.15) is 0 Å². The number of carbonyl (C=O) groups excluding carboxylic acids is 1. The lowest BCUT2D eigenvalue weighted by Crippen LogP contribution is -2.25. The molecule has 8 nitrogen and oxygen atoms in total. The van der Waals surface area contributed by atoms with Crippen molar-refractivity contribution in [1.82, 2.24) is 5.43 Å². The molecule has 27 heavy (non-hydrogen) atoms. The van der Waals surface area contributed by atoms with Crippen molar-refractivity contribution in [2.45, 2.75) is 0 Å². The van der Waals surface area contributed by atoms with Gasteiger partial charge >= 0.3 is 0 Å². The van der Waals surface area contributed by atoms with E-state index < -0.39 is 16.4 Å². The van der Waals surface area contributed by atoms with Gasteiger partial charge in [0.15, 0.2) is 0 Å². The van der Waals surface area contributed by atoms with Crippen molar-refractivity contribution in [3.05, 3.63) is 76.3 Å². The van der Waals surface area contributed by atoms with Crippen LogP contribution in [0.25, 0.3) is 10.8 Å². The van der Waals surface area contributed by atoms with Gasteiger partial charge in [0.25, 0.3) is 11.6 Å². The standard InChI is InChI=1S/C19H16N4O4/c24-18-8-5-13(9-17(18)23(26)27)11-21-22-19(25)12-20-16-7-6-14-3-1-2-4-15(14)10-16/h1-11,20,24H,12H2,(H,22,25)/p-1/b21-11-. The highest BCUT2D eigenvalue weighted by Gasteiger charge is 2.07. The molecule has 0 fully saturated rings. The summed E-state index contributed by atoms with van der Waals surface area (Å²) in [6.07, 6.45) is 1.24. The van der Waals surface area contributed by atoms with Crippen LogP contribution in [0.4, 0.5) is 11.4 Å². The molecule has 0 aliphatic rings. The van der Waals surface area contributed by atoms with Gasteiger partial charge in [-0.15, -0.1) is 0 Å². The maximum Gasteiger partial charge on any atom is 0.262 e. The Morgan fingerprint density at radius 1 is 1.07 bits per heavy atom. The summed E-state index contributed by atoms with van der Waals surface area (Å²) >= 11 is 0. The van der Waals surface area contributed by atoms with Crippen LogP contribution in [-0.4, -0.2) is 23.6 Å². The quantitative estimate of drug-likeness (QED) is 0.396. The average molecular weight is 363 g/mol. The first-order valence-corrected chi connectivity index (χ1v) is 8.03. The van der Waals surface area contributed by atoms with Gasteiger partial charge in [0, 0.05) is 17.3 Å². The summed E-state index contributed by atoms with van der Waals surface area (Å²) in [6, 6.07) is 17.2. The van der Waals surface area contributed by atoms with E-state index in [0.29, 0.717) is 5.56 Å². The van der Waals surface area contributed by atoms with Gasteiger partial charge in [0.2, 0.25) is 0 Å². The number of benzene rings is 3. The smallest absolute Gasteiger partial charge is 0.262 e.